The number of anilines is 3. The molecule has 0 saturated carbocycles. The smallest absolute Gasteiger partial charge is 0.353 e. The zero-order chi connectivity index (χ0) is 24.1. The van der Waals surface area contributed by atoms with E-state index >= 15 is 0 Å². The van der Waals surface area contributed by atoms with Gasteiger partial charge in [0.2, 0.25) is 11.8 Å². The van der Waals surface area contributed by atoms with Gasteiger partial charge in [0, 0.05) is 24.0 Å². The van der Waals surface area contributed by atoms with Crippen molar-refractivity contribution in [2.75, 3.05) is 28.6 Å². The molecule has 12 heteroatoms. The van der Waals surface area contributed by atoms with Gasteiger partial charge in [-0.2, -0.15) is 31.6 Å². The number of alkyl halides is 6. The number of nitriles is 1. The topological polar surface area (TPSA) is 85.2 Å². The van der Waals surface area contributed by atoms with E-state index in [2.05, 4.69) is 10.6 Å². The minimum Gasteiger partial charge on any atom is -0.353 e. The van der Waals surface area contributed by atoms with E-state index in [0.717, 1.165) is 12.1 Å². The summed E-state index contributed by atoms with van der Waals surface area (Å²) in [7, 11) is 0. The molecule has 0 unspecified atom stereocenters. The Hall–Kier alpha value is -3.75. The summed E-state index contributed by atoms with van der Waals surface area (Å²) in [5.41, 5.74) is -2.06. The fraction of sp³-hybridized carbons (Fsp3) is 0.250. The van der Waals surface area contributed by atoms with E-state index in [1.54, 1.807) is 0 Å². The predicted molar refractivity (Wildman–Crippen MR) is 104 cm³/mol. The first kappa shape index (κ1) is 24.5. The monoisotopic (exact) mass is 458 g/mol. The van der Waals surface area contributed by atoms with Gasteiger partial charge in [-0.1, -0.05) is 0 Å². The molecule has 32 heavy (non-hydrogen) atoms. The average molecular weight is 458 g/mol. The van der Waals surface area contributed by atoms with Gasteiger partial charge in [0.1, 0.15) is 6.54 Å². The lowest BCUT2D eigenvalue weighted by Gasteiger charge is -2.26. The summed E-state index contributed by atoms with van der Waals surface area (Å²) < 4.78 is 78.6. The highest BCUT2D eigenvalue weighted by molar-refractivity contribution is 5.95. The maximum Gasteiger partial charge on any atom is 0.417 e. The van der Waals surface area contributed by atoms with E-state index in [0.29, 0.717) is 16.7 Å². The van der Waals surface area contributed by atoms with E-state index in [-0.39, 0.29) is 11.6 Å². The first-order valence-corrected chi connectivity index (χ1v) is 8.89. The Kier molecular flexibility index (Phi) is 7.35. The molecule has 170 valence electrons. The molecule has 2 N–H and O–H groups in total. The van der Waals surface area contributed by atoms with Gasteiger partial charge < -0.3 is 15.5 Å². The Balaban J connectivity index is 2.25. The third-order valence-electron chi connectivity index (χ3n) is 3.99. The predicted octanol–water partition coefficient (Wildman–Crippen LogP) is 4.54. The second-order valence-corrected chi connectivity index (χ2v) is 6.62. The maximum atomic E-state index is 13.2. The molecule has 0 aliphatic rings. The van der Waals surface area contributed by atoms with Gasteiger partial charge in [0.25, 0.3) is 0 Å². The van der Waals surface area contributed by atoms with Gasteiger partial charge in [-0.25, -0.2) is 0 Å². The van der Waals surface area contributed by atoms with Gasteiger partial charge in [-0.15, -0.1) is 0 Å². The van der Waals surface area contributed by atoms with Crippen molar-refractivity contribution in [2.24, 2.45) is 0 Å². The Morgan fingerprint density at radius 2 is 1.53 bits per heavy atom. The second-order valence-electron chi connectivity index (χ2n) is 6.62. The number of rotatable bonds is 6. The minimum atomic E-state index is -4.97. The maximum absolute atomic E-state index is 13.2. The number of carbonyl (C=O) groups excluding carboxylic acids is 2. The highest BCUT2D eigenvalue weighted by Gasteiger charge is 2.36. The van der Waals surface area contributed by atoms with Crippen molar-refractivity contribution < 1.29 is 35.9 Å². The first-order chi connectivity index (χ1) is 14.8. The SMILES string of the molecule is CC(=O)Nc1ccc(NC(=O)CN(CC(F)(F)F)c2ccc(C#N)c(C(F)(F)F)c2)cc1. The average Bonchev–Trinajstić information content (AvgIpc) is 2.66. The van der Waals surface area contributed by atoms with E-state index in [9.17, 15) is 35.9 Å². The molecule has 2 rings (SSSR count). The van der Waals surface area contributed by atoms with Crippen molar-refractivity contribution >= 4 is 28.9 Å². The lowest BCUT2D eigenvalue weighted by molar-refractivity contribution is -0.137. The van der Waals surface area contributed by atoms with Crippen LogP contribution in [0.3, 0.4) is 0 Å². The summed E-state index contributed by atoms with van der Waals surface area (Å²) in [5.74, 6) is -1.25. The van der Waals surface area contributed by atoms with Crippen LogP contribution in [0.15, 0.2) is 42.5 Å². The highest BCUT2D eigenvalue weighted by Crippen LogP contribution is 2.35. The largest absolute Gasteiger partial charge is 0.417 e. The van der Waals surface area contributed by atoms with Crippen LogP contribution in [-0.4, -0.2) is 31.1 Å². The Morgan fingerprint density at radius 1 is 0.969 bits per heavy atom. The number of hydrogen-bond acceptors (Lipinski definition) is 4. The molecule has 0 aliphatic carbocycles. The fourth-order valence-electron chi connectivity index (χ4n) is 2.73. The molecular formula is C20H16F6N4O2. The Morgan fingerprint density at radius 3 is 2.00 bits per heavy atom. The molecule has 0 spiro atoms. The first-order valence-electron chi connectivity index (χ1n) is 8.89. The van der Waals surface area contributed by atoms with Crippen molar-refractivity contribution in [1.82, 2.24) is 0 Å². The quantitative estimate of drug-likeness (QED) is 0.623. The molecule has 0 radical (unpaired) electrons. The van der Waals surface area contributed by atoms with Gasteiger partial charge in [0.15, 0.2) is 0 Å². The molecule has 0 atom stereocenters. The summed E-state index contributed by atoms with van der Waals surface area (Å²) >= 11 is 0. The molecule has 2 amide bonds. The van der Waals surface area contributed by atoms with Crippen LogP contribution in [0, 0.1) is 11.3 Å². The van der Waals surface area contributed by atoms with Gasteiger partial charge in [-0.05, 0) is 42.5 Å². The molecule has 0 saturated heterocycles. The van der Waals surface area contributed by atoms with Gasteiger partial charge in [-0.3, -0.25) is 9.59 Å². The summed E-state index contributed by atoms with van der Waals surface area (Å²) in [6, 6.07) is 9.07. The van der Waals surface area contributed by atoms with Crippen LogP contribution in [0.1, 0.15) is 18.1 Å². The lowest BCUT2D eigenvalue weighted by atomic mass is 10.1. The van der Waals surface area contributed by atoms with E-state index in [1.807, 2.05) is 0 Å². The zero-order valence-electron chi connectivity index (χ0n) is 16.4. The minimum absolute atomic E-state index is 0.201. The van der Waals surface area contributed by atoms with Crippen LogP contribution in [0.4, 0.5) is 43.4 Å². The number of benzene rings is 2. The molecule has 2 aromatic carbocycles. The number of amides is 2. The third kappa shape index (κ3) is 7.19. The molecule has 0 bridgehead atoms. The Labute approximate surface area is 178 Å². The molecule has 0 fully saturated rings. The Bertz CT molecular complexity index is 1030. The molecule has 0 aliphatic heterocycles. The summed E-state index contributed by atoms with van der Waals surface area (Å²) in [6.45, 7) is -1.31. The van der Waals surface area contributed by atoms with Crippen LogP contribution in [0.5, 0.6) is 0 Å². The number of nitrogens with one attached hydrogen (secondary N) is 2. The number of nitrogens with zero attached hydrogens (tertiary/aromatic N) is 2. The molecule has 2 aromatic rings. The molecule has 0 aromatic heterocycles. The zero-order valence-corrected chi connectivity index (χ0v) is 16.4. The lowest BCUT2D eigenvalue weighted by Crippen LogP contribution is -2.40. The van der Waals surface area contributed by atoms with Gasteiger partial charge in [0.05, 0.1) is 23.7 Å². The van der Waals surface area contributed by atoms with Crippen molar-refractivity contribution in [3.63, 3.8) is 0 Å². The highest BCUT2D eigenvalue weighted by atomic mass is 19.4. The summed E-state index contributed by atoms with van der Waals surface area (Å²) in [6.07, 6.45) is -9.78. The fourth-order valence-corrected chi connectivity index (χ4v) is 2.73. The van der Waals surface area contributed by atoms with Gasteiger partial charge >= 0.3 is 12.4 Å². The number of carbonyl (C=O) groups is 2. The molecular weight excluding hydrogens is 442 g/mol. The van der Waals surface area contributed by atoms with Crippen LogP contribution in [0.2, 0.25) is 0 Å². The van der Waals surface area contributed by atoms with Crippen molar-refractivity contribution in [3.05, 3.63) is 53.6 Å². The van der Waals surface area contributed by atoms with E-state index in [1.165, 1.54) is 37.3 Å². The summed E-state index contributed by atoms with van der Waals surface area (Å²) in [5, 5.41) is 13.7. The normalized spacial score (nSPS) is 11.4. The van der Waals surface area contributed by atoms with Crippen molar-refractivity contribution in [2.45, 2.75) is 19.3 Å². The summed E-state index contributed by atoms with van der Waals surface area (Å²) in [4.78, 5) is 23.7. The van der Waals surface area contributed by atoms with Crippen LogP contribution in [-0.2, 0) is 15.8 Å². The van der Waals surface area contributed by atoms with E-state index in [4.69, 9.17) is 5.26 Å². The standard InChI is InChI=1S/C20H16F6N4O2/c1-12(31)28-14-3-5-15(6-4-14)29-18(32)10-30(11-19(21,22)23)16-7-2-13(9-27)17(8-16)20(24,25)26/h2-8H,10-11H2,1H3,(H,28,31)(H,29,32). The van der Waals surface area contributed by atoms with Crippen molar-refractivity contribution in [1.29, 1.82) is 5.26 Å². The van der Waals surface area contributed by atoms with Crippen LogP contribution < -0.4 is 15.5 Å². The third-order valence-corrected chi connectivity index (χ3v) is 3.99. The molecule has 6 nitrogen and oxygen atoms in total. The van der Waals surface area contributed by atoms with Crippen LogP contribution in [0.25, 0.3) is 0 Å². The molecule has 0 heterocycles. The van der Waals surface area contributed by atoms with Crippen molar-refractivity contribution in [3.8, 4) is 6.07 Å². The number of hydrogen-bond donors (Lipinski definition) is 2. The second kappa shape index (κ2) is 9.59. The van der Waals surface area contributed by atoms with Crippen LogP contribution >= 0.6 is 0 Å². The number of halogens is 6. The van der Waals surface area contributed by atoms with E-state index < -0.39 is 48.2 Å².